The molecule has 21 heavy (non-hydrogen) atoms. The van der Waals surface area contributed by atoms with Crippen molar-refractivity contribution in [2.45, 2.75) is 77.2 Å². The zero-order chi connectivity index (χ0) is 15.5. The second-order valence-corrected chi connectivity index (χ2v) is 8.51. The molecule has 1 aliphatic rings. The topological polar surface area (TPSA) is 44.0 Å². The number of hydrogen-bond acceptors (Lipinski definition) is 3. The SMILES string of the molecule is CC(C)(C)c1ccc(C(O)C2(C#N)CCCCCCC2)s1. The van der Waals surface area contributed by atoms with Crippen LogP contribution in [0.3, 0.4) is 0 Å². The lowest BCUT2D eigenvalue weighted by molar-refractivity contribution is 0.0462. The second kappa shape index (κ2) is 6.50. The van der Waals surface area contributed by atoms with E-state index in [-0.39, 0.29) is 5.41 Å². The first-order valence-corrected chi connectivity index (χ1v) is 8.90. The fraction of sp³-hybridized carbons (Fsp3) is 0.722. The number of aliphatic hydroxyl groups excluding tert-OH is 1. The highest BCUT2D eigenvalue weighted by molar-refractivity contribution is 7.12. The fourth-order valence-electron chi connectivity index (χ4n) is 3.16. The highest BCUT2D eigenvalue weighted by Gasteiger charge is 2.39. The molecule has 0 saturated heterocycles. The van der Waals surface area contributed by atoms with Gasteiger partial charge in [0.25, 0.3) is 0 Å². The first-order chi connectivity index (χ1) is 9.89. The molecule has 1 aliphatic carbocycles. The molecule has 1 N–H and O–H groups in total. The van der Waals surface area contributed by atoms with Crippen molar-refractivity contribution in [3.63, 3.8) is 0 Å². The first-order valence-electron chi connectivity index (χ1n) is 8.09. The Hall–Kier alpha value is -0.850. The maximum absolute atomic E-state index is 10.9. The summed E-state index contributed by atoms with van der Waals surface area (Å²) in [6, 6.07) is 6.62. The van der Waals surface area contributed by atoms with Crippen LogP contribution < -0.4 is 0 Å². The van der Waals surface area contributed by atoms with Crippen molar-refractivity contribution in [2.75, 3.05) is 0 Å². The van der Waals surface area contributed by atoms with E-state index in [1.54, 1.807) is 11.3 Å². The average Bonchev–Trinajstić information content (AvgIpc) is 2.88. The third-order valence-corrected chi connectivity index (χ3v) is 6.19. The number of nitrogens with zero attached hydrogens (tertiary/aromatic N) is 1. The van der Waals surface area contributed by atoms with Crippen LogP contribution in [-0.4, -0.2) is 5.11 Å². The van der Waals surface area contributed by atoms with Crippen LogP contribution in [0.25, 0.3) is 0 Å². The lowest BCUT2D eigenvalue weighted by Gasteiger charge is -2.32. The summed E-state index contributed by atoms with van der Waals surface area (Å²) in [5.41, 5.74) is -0.482. The molecule has 0 radical (unpaired) electrons. The van der Waals surface area contributed by atoms with Crippen molar-refractivity contribution in [1.82, 2.24) is 0 Å². The van der Waals surface area contributed by atoms with E-state index in [0.29, 0.717) is 0 Å². The van der Waals surface area contributed by atoms with Gasteiger partial charge in [-0.25, -0.2) is 0 Å². The van der Waals surface area contributed by atoms with E-state index in [9.17, 15) is 10.4 Å². The van der Waals surface area contributed by atoms with Crippen molar-refractivity contribution in [3.05, 3.63) is 21.9 Å². The van der Waals surface area contributed by atoms with Gasteiger partial charge in [-0.1, -0.05) is 52.9 Å². The van der Waals surface area contributed by atoms with Crippen LogP contribution in [0.4, 0.5) is 0 Å². The Morgan fingerprint density at radius 1 is 1.14 bits per heavy atom. The van der Waals surface area contributed by atoms with Gasteiger partial charge < -0.3 is 5.11 Å². The van der Waals surface area contributed by atoms with Gasteiger partial charge in [0, 0.05) is 9.75 Å². The summed E-state index contributed by atoms with van der Waals surface area (Å²) in [4.78, 5) is 2.23. The zero-order valence-electron chi connectivity index (χ0n) is 13.5. The summed E-state index contributed by atoms with van der Waals surface area (Å²) >= 11 is 1.67. The number of aliphatic hydroxyl groups is 1. The Morgan fingerprint density at radius 2 is 1.71 bits per heavy atom. The fourth-order valence-corrected chi connectivity index (χ4v) is 4.33. The summed E-state index contributed by atoms with van der Waals surface area (Å²) in [5.74, 6) is 0. The van der Waals surface area contributed by atoms with Crippen LogP contribution >= 0.6 is 11.3 Å². The van der Waals surface area contributed by atoms with Crippen LogP contribution in [0, 0.1) is 16.7 Å². The number of thiophene rings is 1. The summed E-state index contributed by atoms with van der Waals surface area (Å²) in [5, 5.41) is 20.6. The van der Waals surface area contributed by atoms with Crippen molar-refractivity contribution in [2.24, 2.45) is 5.41 Å². The van der Waals surface area contributed by atoms with E-state index in [1.807, 2.05) is 6.07 Å². The van der Waals surface area contributed by atoms with Crippen molar-refractivity contribution >= 4 is 11.3 Å². The third kappa shape index (κ3) is 3.67. The predicted octanol–water partition coefficient (Wildman–Crippen LogP) is 5.33. The van der Waals surface area contributed by atoms with Crippen LogP contribution in [0.15, 0.2) is 12.1 Å². The summed E-state index contributed by atoms with van der Waals surface area (Å²) < 4.78 is 0. The van der Waals surface area contributed by atoms with E-state index < -0.39 is 11.5 Å². The van der Waals surface area contributed by atoms with E-state index >= 15 is 0 Å². The van der Waals surface area contributed by atoms with Gasteiger partial charge in [0.2, 0.25) is 0 Å². The normalized spacial score (nSPS) is 21.1. The largest absolute Gasteiger partial charge is 0.386 e. The summed E-state index contributed by atoms with van der Waals surface area (Å²) in [6.45, 7) is 6.56. The minimum Gasteiger partial charge on any atom is -0.386 e. The molecule has 1 fully saturated rings. The molecule has 2 nitrogen and oxygen atoms in total. The van der Waals surface area contributed by atoms with Crippen LogP contribution in [0.5, 0.6) is 0 Å². The van der Waals surface area contributed by atoms with Gasteiger partial charge in [0.1, 0.15) is 6.10 Å². The standard InChI is InChI=1S/C18H27NOS/c1-17(2,3)15-10-9-14(21-15)16(20)18(13-19)11-7-5-4-6-8-12-18/h9-10,16,20H,4-8,11-12H2,1-3H3. The molecule has 0 aliphatic heterocycles. The number of hydrogen-bond donors (Lipinski definition) is 1. The number of rotatable bonds is 2. The summed E-state index contributed by atoms with van der Waals surface area (Å²) in [6.07, 6.45) is 6.78. The molecule has 0 amide bonds. The van der Waals surface area contributed by atoms with Gasteiger partial charge in [-0.15, -0.1) is 11.3 Å². The van der Waals surface area contributed by atoms with E-state index in [1.165, 1.54) is 24.1 Å². The van der Waals surface area contributed by atoms with Gasteiger partial charge >= 0.3 is 0 Å². The molecule has 0 aromatic carbocycles. The molecular formula is C18H27NOS. The summed E-state index contributed by atoms with van der Waals surface area (Å²) in [7, 11) is 0. The molecule has 0 bridgehead atoms. The van der Waals surface area contributed by atoms with Crippen molar-refractivity contribution < 1.29 is 5.11 Å². The Morgan fingerprint density at radius 3 is 2.19 bits per heavy atom. The van der Waals surface area contributed by atoms with Gasteiger partial charge in [0.05, 0.1) is 11.5 Å². The second-order valence-electron chi connectivity index (χ2n) is 7.39. The van der Waals surface area contributed by atoms with E-state index in [2.05, 4.69) is 32.9 Å². The minimum atomic E-state index is -0.637. The van der Waals surface area contributed by atoms with Crippen LogP contribution in [0.1, 0.15) is 81.6 Å². The Bertz CT molecular complexity index is 498. The Balaban J connectivity index is 2.24. The van der Waals surface area contributed by atoms with E-state index in [4.69, 9.17) is 0 Å². The molecule has 0 spiro atoms. The Kier molecular flexibility index (Phi) is 5.11. The molecule has 1 aromatic heterocycles. The minimum absolute atomic E-state index is 0.101. The van der Waals surface area contributed by atoms with Gasteiger partial charge in [-0.3, -0.25) is 0 Å². The van der Waals surface area contributed by atoms with Gasteiger partial charge in [0.15, 0.2) is 0 Å². The lowest BCUT2D eigenvalue weighted by atomic mass is 9.73. The highest BCUT2D eigenvalue weighted by atomic mass is 32.1. The van der Waals surface area contributed by atoms with Crippen molar-refractivity contribution in [1.29, 1.82) is 5.26 Å². The monoisotopic (exact) mass is 305 g/mol. The maximum atomic E-state index is 10.9. The zero-order valence-corrected chi connectivity index (χ0v) is 14.3. The molecule has 1 saturated carbocycles. The maximum Gasteiger partial charge on any atom is 0.107 e. The highest BCUT2D eigenvalue weighted by Crippen LogP contribution is 2.46. The molecule has 116 valence electrons. The predicted molar refractivity (Wildman–Crippen MR) is 88.3 cm³/mol. The molecular weight excluding hydrogens is 278 g/mol. The van der Waals surface area contributed by atoms with Crippen molar-refractivity contribution in [3.8, 4) is 6.07 Å². The number of nitriles is 1. The quantitative estimate of drug-likeness (QED) is 0.802. The Labute approximate surface area is 132 Å². The molecule has 2 rings (SSSR count). The molecule has 3 heteroatoms. The van der Waals surface area contributed by atoms with Gasteiger partial charge in [-0.05, 0) is 30.4 Å². The van der Waals surface area contributed by atoms with E-state index in [0.717, 1.165) is 30.6 Å². The average molecular weight is 305 g/mol. The molecule has 1 atom stereocenters. The van der Waals surface area contributed by atoms with Crippen LogP contribution in [-0.2, 0) is 5.41 Å². The molecule has 1 unspecified atom stereocenters. The smallest absolute Gasteiger partial charge is 0.107 e. The lowest BCUT2D eigenvalue weighted by Crippen LogP contribution is -2.28. The molecule has 1 heterocycles. The van der Waals surface area contributed by atoms with Crippen LogP contribution in [0.2, 0.25) is 0 Å². The third-order valence-electron chi connectivity index (χ3n) is 4.63. The first kappa shape index (κ1) is 16.5. The van der Waals surface area contributed by atoms with Gasteiger partial charge in [-0.2, -0.15) is 5.26 Å². The molecule has 1 aromatic rings.